The van der Waals surface area contributed by atoms with Crippen molar-refractivity contribution in [2.45, 2.75) is 25.3 Å². The fourth-order valence-corrected chi connectivity index (χ4v) is 4.18. The minimum absolute atomic E-state index is 0.109. The van der Waals surface area contributed by atoms with E-state index in [1.54, 1.807) is 6.92 Å². The van der Waals surface area contributed by atoms with Gasteiger partial charge < -0.3 is 20.5 Å². The molecule has 0 radical (unpaired) electrons. The van der Waals surface area contributed by atoms with Crippen molar-refractivity contribution < 1.29 is 33.0 Å². The number of amides is 2. The van der Waals surface area contributed by atoms with Crippen LogP contribution in [-0.2, 0) is 9.53 Å². The Hall–Kier alpha value is -4.27. The van der Waals surface area contributed by atoms with E-state index in [1.165, 1.54) is 0 Å². The van der Waals surface area contributed by atoms with Gasteiger partial charge in [-0.05, 0) is 35.2 Å². The van der Waals surface area contributed by atoms with Crippen LogP contribution in [0, 0.1) is 11.6 Å². The molecule has 3 aromatic carbocycles. The maximum Gasteiger partial charge on any atom is 0.407 e. The molecule has 1 aliphatic carbocycles. The molecule has 4 rings (SSSR count). The Kier molecular flexibility index (Phi) is 6.77. The van der Waals surface area contributed by atoms with Crippen molar-refractivity contribution in [2.24, 2.45) is 0 Å². The van der Waals surface area contributed by atoms with Gasteiger partial charge in [0.25, 0.3) is 0 Å². The molecule has 0 aromatic heterocycles. The number of fused-ring (bicyclic) bond motifs is 3. The third-order valence-electron chi connectivity index (χ3n) is 5.76. The molecular weight excluding hydrogens is 458 g/mol. The zero-order chi connectivity index (χ0) is 25.1. The minimum Gasteiger partial charge on any atom is -0.478 e. The highest BCUT2D eigenvalue weighted by Crippen LogP contribution is 2.44. The molecule has 0 spiro atoms. The van der Waals surface area contributed by atoms with Gasteiger partial charge in [-0.1, -0.05) is 48.5 Å². The Morgan fingerprint density at radius 3 is 2.17 bits per heavy atom. The van der Waals surface area contributed by atoms with Crippen molar-refractivity contribution in [1.29, 1.82) is 0 Å². The summed E-state index contributed by atoms with van der Waals surface area (Å²) in [6.07, 6.45) is -0.961. The van der Waals surface area contributed by atoms with Crippen LogP contribution >= 0.6 is 0 Å². The first-order valence-corrected chi connectivity index (χ1v) is 10.9. The molecule has 2 amide bonds. The first kappa shape index (κ1) is 23.9. The van der Waals surface area contributed by atoms with Gasteiger partial charge in [0.05, 0.1) is 11.3 Å². The Morgan fingerprint density at radius 1 is 0.971 bits per heavy atom. The van der Waals surface area contributed by atoms with Crippen LogP contribution < -0.4 is 10.6 Å². The smallest absolute Gasteiger partial charge is 0.407 e. The fourth-order valence-electron chi connectivity index (χ4n) is 4.18. The summed E-state index contributed by atoms with van der Waals surface area (Å²) in [5, 5.41) is 13.7. The van der Waals surface area contributed by atoms with Crippen molar-refractivity contribution in [3.8, 4) is 11.1 Å². The minimum atomic E-state index is -1.59. The zero-order valence-electron chi connectivity index (χ0n) is 18.7. The van der Waals surface area contributed by atoms with Crippen molar-refractivity contribution in [1.82, 2.24) is 5.32 Å². The number of alkyl carbamates (subject to hydrolysis) is 1. The molecule has 0 heterocycles. The Labute approximate surface area is 199 Å². The lowest BCUT2D eigenvalue weighted by atomic mass is 9.98. The summed E-state index contributed by atoms with van der Waals surface area (Å²) >= 11 is 0. The predicted molar refractivity (Wildman–Crippen MR) is 124 cm³/mol. The van der Waals surface area contributed by atoms with Gasteiger partial charge in [0, 0.05) is 24.4 Å². The van der Waals surface area contributed by atoms with E-state index in [2.05, 4.69) is 10.6 Å². The van der Waals surface area contributed by atoms with Crippen LogP contribution in [-0.4, -0.2) is 35.7 Å². The summed E-state index contributed by atoms with van der Waals surface area (Å²) < 4.78 is 32.9. The topological polar surface area (TPSA) is 105 Å². The van der Waals surface area contributed by atoms with E-state index >= 15 is 0 Å². The molecule has 9 heteroatoms. The number of hydrogen-bond acceptors (Lipinski definition) is 4. The van der Waals surface area contributed by atoms with Crippen LogP contribution in [0.1, 0.15) is 40.7 Å². The van der Waals surface area contributed by atoms with Gasteiger partial charge in [-0.25, -0.2) is 18.4 Å². The summed E-state index contributed by atoms with van der Waals surface area (Å²) in [5.41, 5.74) is 3.09. The second-order valence-electron chi connectivity index (χ2n) is 8.24. The first-order chi connectivity index (χ1) is 16.7. The van der Waals surface area contributed by atoms with E-state index in [9.17, 15) is 23.2 Å². The van der Waals surface area contributed by atoms with E-state index in [0.29, 0.717) is 12.1 Å². The number of aromatic carboxylic acids is 1. The van der Waals surface area contributed by atoms with Gasteiger partial charge in [-0.3, -0.25) is 4.79 Å². The van der Waals surface area contributed by atoms with Gasteiger partial charge in [0.2, 0.25) is 5.91 Å². The van der Waals surface area contributed by atoms with Crippen molar-refractivity contribution in [3.63, 3.8) is 0 Å². The summed E-state index contributed by atoms with van der Waals surface area (Å²) in [7, 11) is 0. The SMILES string of the molecule is C[C@H](CC(=O)Nc1cc(C(=O)O)c(F)cc1F)NC(=O)OCC1c2ccccc2-c2ccccc21. The number of carbonyl (C=O) groups excluding carboxylic acids is 2. The lowest BCUT2D eigenvalue weighted by Crippen LogP contribution is -2.36. The van der Waals surface area contributed by atoms with Crippen LogP contribution in [0.5, 0.6) is 0 Å². The maximum absolute atomic E-state index is 13.9. The molecule has 0 saturated heterocycles. The largest absolute Gasteiger partial charge is 0.478 e. The van der Waals surface area contributed by atoms with Crippen molar-refractivity contribution in [3.05, 3.63) is 89.0 Å². The number of carbonyl (C=O) groups is 3. The van der Waals surface area contributed by atoms with Gasteiger partial charge in [-0.15, -0.1) is 0 Å². The molecule has 3 N–H and O–H groups in total. The monoisotopic (exact) mass is 480 g/mol. The van der Waals surface area contributed by atoms with Gasteiger partial charge in [0.15, 0.2) is 0 Å². The summed E-state index contributed by atoms with van der Waals surface area (Å²) in [6, 6.07) is 16.2. The van der Waals surface area contributed by atoms with Gasteiger partial charge >= 0.3 is 12.1 Å². The van der Waals surface area contributed by atoms with Crippen LogP contribution in [0.25, 0.3) is 11.1 Å². The number of rotatable bonds is 7. The molecular formula is C26H22F2N2O5. The number of ether oxygens (including phenoxy) is 1. The molecule has 0 bridgehead atoms. The standard InChI is InChI=1S/C26H22F2N2O5/c1-14(10-24(31)30-23-11-19(25(32)33)21(27)12-22(23)28)29-26(34)35-13-20-17-8-4-2-6-15(17)16-7-3-5-9-18(16)20/h2-9,11-12,14,20H,10,13H2,1H3,(H,29,34)(H,30,31)(H,32,33)/t14-/m1/s1. The maximum atomic E-state index is 13.9. The summed E-state index contributed by atoms with van der Waals surface area (Å²) in [4.78, 5) is 35.6. The second kappa shape index (κ2) is 9.92. The molecule has 3 aromatic rings. The Bertz CT molecular complexity index is 1270. The molecule has 0 saturated carbocycles. The number of carboxylic acids is 1. The van der Waals surface area contributed by atoms with Crippen LogP contribution in [0.2, 0.25) is 0 Å². The third-order valence-corrected chi connectivity index (χ3v) is 5.76. The molecule has 180 valence electrons. The van der Waals surface area contributed by atoms with Crippen LogP contribution in [0.4, 0.5) is 19.3 Å². The van der Waals surface area contributed by atoms with E-state index in [0.717, 1.165) is 22.3 Å². The average molecular weight is 480 g/mol. The normalized spacial score (nSPS) is 12.9. The van der Waals surface area contributed by atoms with E-state index in [4.69, 9.17) is 9.84 Å². The molecule has 1 aliphatic rings. The number of carboxylic acid groups (broad SMARTS) is 1. The number of benzene rings is 3. The average Bonchev–Trinajstić information content (AvgIpc) is 3.13. The van der Waals surface area contributed by atoms with Crippen molar-refractivity contribution in [2.75, 3.05) is 11.9 Å². The number of anilines is 1. The molecule has 0 aliphatic heterocycles. The van der Waals surface area contributed by atoms with Crippen LogP contribution in [0.15, 0.2) is 60.7 Å². The molecule has 35 heavy (non-hydrogen) atoms. The molecule has 1 atom stereocenters. The molecule has 0 unspecified atom stereocenters. The number of hydrogen-bond donors (Lipinski definition) is 3. The molecule has 7 nitrogen and oxygen atoms in total. The second-order valence-corrected chi connectivity index (χ2v) is 8.24. The molecule has 0 fully saturated rings. The zero-order valence-corrected chi connectivity index (χ0v) is 18.7. The number of nitrogens with one attached hydrogen (secondary N) is 2. The van der Waals surface area contributed by atoms with Crippen molar-refractivity contribution >= 4 is 23.7 Å². The highest BCUT2D eigenvalue weighted by Gasteiger charge is 2.29. The van der Waals surface area contributed by atoms with E-state index in [-0.39, 0.29) is 18.9 Å². The van der Waals surface area contributed by atoms with Gasteiger partial charge in [-0.2, -0.15) is 0 Å². The first-order valence-electron chi connectivity index (χ1n) is 10.9. The Balaban J connectivity index is 1.32. The lowest BCUT2D eigenvalue weighted by molar-refractivity contribution is -0.116. The van der Waals surface area contributed by atoms with E-state index < -0.39 is 46.9 Å². The lowest BCUT2D eigenvalue weighted by Gasteiger charge is -2.17. The highest BCUT2D eigenvalue weighted by atomic mass is 19.1. The van der Waals surface area contributed by atoms with E-state index in [1.807, 2.05) is 48.5 Å². The Morgan fingerprint density at radius 2 is 1.57 bits per heavy atom. The number of halogens is 2. The van der Waals surface area contributed by atoms with Gasteiger partial charge in [0.1, 0.15) is 18.2 Å². The summed E-state index contributed by atoms with van der Waals surface area (Å²) in [6.45, 7) is 1.67. The predicted octanol–water partition coefficient (Wildman–Crippen LogP) is 4.92. The fraction of sp³-hybridized carbons (Fsp3) is 0.192. The quantitative estimate of drug-likeness (QED) is 0.445. The van der Waals surface area contributed by atoms with Crippen LogP contribution in [0.3, 0.4) is 0 Å². The highest BCUT2D eigenvalue weighted by molar-refractivity contribution is 5.94. The summed E-state index contributed by atoms with van der Waals surface area (Å²) in [5.74, 6) is -4.77. The third kappa shape index (κ3) is 5.13.